The molecule has 1 aliphatic heterocycles. The normalized spacial score (nSPS) is 15.9. The zero-order chi connectivity index (χ0) is 21.3. The van der Waals surface area contributed by atoms with E-state index in [1.165, 1.54) is 11.2 Å². The molecule has 0 fully saturated rings. The molecule has 0 unspecified atom stereocenters. The molecule has 3 rings (SSSR count). The Kier molecular flexibility index (Phi) is 6.24. The van der Waals surface area contributed by atoms with Gasteiger partial charge in [0.2, 0.25) is 5.91 Å². The van der Waals surface area contributed by atoms with Gasteiger partial charge in [0.15, 0.2) is 0 Å². The minimum Gasteiger partial charge on any atom is -0.494 e. The van der Waals surface area contributed by atoms with Crippen molar-refractivity contribution in [2.75, 3.05) is 22.4 Å². The van der Waals surface area contributed by atoms with Gasteiger partial charge in [-0.3, -0.25) is 9.10 Å². The standard InChI is InChI=1S/C21H25BrN2O4S/c1-5-23(17-7-9-18(10-8-17)28-6-2)29(26,27)21-13-20-16(12-19(21)22)11-14(3)24(20)15(4)25/h7-10,12-14H,5-6,11H2,1-4H3/t14-/m1/s1. The molecule has 0 spiro atoms. The first-order chi connectivity index (χ1) is 13.7. The van der Waals surface area contributed by atoms with Gasteiger partial charge < -0.3 is 9.64 Å². The molecule has 0 saturated carbocycles. The number of sulfonamides is 1. The largest absolute Gasteiger partial charge is 0.494 e. The number of hydrogen-bond acceptors (Lipinski definition) is 4. The highest BCUT2D eigenvalue weighted by Gasteiger charge is 2.33. The van der Waals surface area contributed by atoms with Gasteiger partial charge in [-0.15, -0.1) is 0 Å². The molecule has 0 N–H and O–H groups in total. The van der Waals surface area contributed by atoms with Crippen molar-refractivity contribution in [3.05, 3.63) is 46.4 Å². The van der Waals surface area contributed by atoms with Crippen LogP contribution in [0.25, 0.3) is 0 Å². The Morgan fingerprint density at radius 3 is 2.45 bits per heavy atom. The van der Waals surface area contributed by atoms with Crippen molar-refractivity contribution < 1.29 is 17.9 Å². The lowest BCUT2D eigenvalue weighted by atomic mass is 10.1. The summed E-state index contributed by atoms with van der Waals surface area (Å²) in [5, 5.41) is 0. The summed E-state index contributed by atoms with van der Waals surface area (Å²) in [7, 11) is -3.84. The number of hydrogen-bond donors (Lipinski definition) is 0. The van der Waals surface area contributed by atoms with Crippen LogP contribution in [-0.4, -0.2) is 33.5 Å². The Labute approximate surface area is 180 Å². The third-order valence-electron chi connectivity index (χ3n) is 4.98. The maximum Gasteiger partial charge on any atom is 0.265 e. The summed E-state index contributed by atoms with van der Waals surface area (Å²) >= 11 is 3.44. The van der Waals surface area contributed by atoms with E-state index >= 15 is 0 Å². The SMILES string of the molecule is CCOc1ccc(N(CC)S(=O)(=O)c2cc3c(cc2Br)C[C@@H](C)N3C(C)=O)cc1. The number of fused-ring (bicyclic) bond motifs is 1. The number of carbonyl (C=O) groups excluding carboxylic acids is 1. The quantitative estimate of drug-likeness (QED) is 0.615. The molecular weight excluding hydrogens is 456 g/mol. The van der Waals surface area contributed by atoms with Crippen LogP contribution in [0.5, 0.6) is 5.75 Å². The van der Waals surface area contributed by atoms with Crippen LogP contribution in [0.4, 0.5) is 11.4 Å². The summed E-state index contributed by atoms with van der Waals surface area (Å²) in [5.41, 5.74) is 2.18. The highest BCUT2D eigenvalue weighted by molar-refractivity contribution is 9.10. The van der Waals surface area contributed by atoms with Crippen LogP contribution in [0.15, 0.2) is 45.8 Å². The van der Waals surface area contributed by atoms with Crippen molar-refractivity contribution in [2.24, 2.45) is 0 Å². The lowest BCUT2D eigenvalue weighted by Gasteiger charge is -2.25. The molecule has 0 aliphatic carbocycles. The molecular formula is C21H25BrN2O4S. The molecule has 0 aromatic heterocycles. The maximum absolute atomic E-state index is 13.5. The lowest BCUT2D eigenvalue weighted by Crippen LogP contribution is -2.34. The third-order valence-corrected chi connectivity index (χ3v) is 7.84. The number of amides is 1. The van der Waals surface area contributed by atoms with E-state index in [1.54, 1.807) is 42.2 Å². The molecule has 1 aliphatic rings. The van der Waals surface area contributed by atoms with E-state index in [1.807, 2.05) is 19.9 Å². The van der Waals surface area contributed by atoms with Crippen molar-refractivity contribution >= 4 is 43.2 Å². The van der Waals surface area contributed by atoms with E-state index in [-0.39, 0.29) is 23.4 Å². The van der Waals surface area contributed by atoms with E-state index in [0.29, 0.717) is 34.6 Å². The fourth-order valence-corrected chi connectivity index (χ4v) is 6.33. The molecule has 8 heteroatoms. The van der Waals surface area contributed by atoms with Gasteiger partial charge >= 0.3 is 0 Å². The molecule has 0 bridgehead atoms. The highest BCUT2D eigenvalue weighted by Crippen LogP contribution is 2.39. The maximum atomic E-state index is 13.5. The molecule has 6 nitrogen and oxygen atoms in total. The zero-order valence-electron chi connectivity index (χ0n) is 17.0. The molecule has 1 atom stereocenters. The minimum atomic E-state index is -3.84. The number of rotatable bonds is 6. The monoisotopic (exact) mass is 480 g/mol. The second kappa shape index (κ2) is 8.36. The molecule has 1 amide bonds. The van der Waals surface area contributed by atoms with Gasteiger partial charge in [-0.25, -0.2) is 8.42 Å². The van der Waals surface area contributed by atoms with Crippen LogP contribution >= 0.6 is 15.9 Å². The summed E-state index contributed by atoms with van der Waals surface area (Å²) < 4.78 is 34.3. The van der Waals surface area contributed by atoms with Gasteiger partial charge in [0.25, 0.3) is 10.0 Å². The smallest absolute Gasteiger partial charge is 0.265 e. The molecule has 2 aromatic rings. The second-order valence-corrected chi connectivity index (χ2v) is 9.64. The molecule has 0 saturated heterocycles. The Bertz CT molecular complexity index is 1020. The average molecular weight is 481 g/mol. The van der Waals surface area contributed by atoms with Crippen molar-refractivity contribution in [1.82, 2.24) is 0 Å². The topological polar surface area (TPSA) is 66.9 Å². The van der Waals surface area contributed by atoms with Crippen LogP contribution in [0.3, 0.4) is 0 Å². The Morgan fingerprint density at radius 2 is 1.90 bits per heavy atom. The first-order valence-corrected chi connectivity index (χ1v) is 11.8. The van der Waals surface area contributed by atoms with Crippen molar-refractivity contribution in [1.29, 1.82) is 0 Å². The number of anilines is 2. The Balaban J connectivity index is 2.05. The van der Waals surface area contributed by atoms with Crippen molar-refractivity contribution in [2.45, 2.75) is 45.1 Å². The first-order valence-electron chi connectivity index (χ1n) is 9.58. The van der Waals surface area contributed by atoms with Gasteiger partial charge in [-0.05, 0) is 85.1 Å². The predicted molar refractivity (Wildman–Crippen MR) is 118 cm³/mol. The molecule has 156 valence electrons. The fourth-order valence-electron chi connectivity index (χ4n) is 3.78. The summed E-state index contributed by atoms with van der Waals surface area (Å²) in [4.78, 5) is 13.9. The van der Waals surface area contributed by atoms with E-state index in [2.05, 4.69) is 15.9 Å². The summed E-state index contributed by atoms with van der Waals surface area (Å²) in [5.74, 6) is 0.593. The Hall–Kier alpha value is -2.06. The zero-order valence-corrected chi connectivity index (χ0v) is 19.4. The lowest BCUT2D eigenvalue weighted by molar-refractivity contribution is -0.116. The number of benzene rings is 2. The van der Waals surface area contributed by atoms with E-state index < -0.39 is 10.0 Å². The summed E-state index contributed by atoms with van der Waals surface area (Å²) in [6.07, 6.45) is 0.699. The van der Waals surface area contributed by atoms with Crippen LogP contribution in [0.1, 0.15) is 33.3 Å². The summed E-state index contributed by atoms with van der Waals surface area (Å²) in [6.45, 7) is 7.96. The van der Waals surface area contributed by atoms with E-state index in [0.717, 1.165) is 5.56 Å². The molecule has 2 aromatic carbocycles. The highest BCUT2D eigenvalue weighted by atomic mass is 79.9. The first kappa shape index (κ1) is 21.6. The number of carbonyl (C=O) groups is 1. The van der Waals surface area contributed by atoms with Gasteiger partial charge in [0, 0.05) is 29.7 Å². The van der Waals surface area contributed by atoms with Gasteiger partial charge in [0.05, 0.1) is 12.3 Å². The van der Waals surface area contributed by atoms with Crippen molar-refractivity contribution in [3.8, 4) is 5.75 Å². The molecule has 1 heterocycles. The fraction of sp³-hybridized carbons (Fsp3) is 0.381. The van der Waals surface area contributed by atoms with E-state index in [9.17, 15) is 13.2 Å². The molecule has 29 heavy (non-hydrogen) atoms. The van der Waals surface area contributed by atoms with Crippen LogP contribution < -0.4 is 13.9 Å². The molecule has 0 radical (unpaired) electrons. The van der Waals surface area contributed by atoms with Gasteiger partial charge in [0.1, 0.15) is 10.6 Å². The van der Waals surface area contributed by atoms with Crippen LogP contribution in [0.2, 0.25) is 0 Å². The van der Waals surface area contributed by atoms with Gasteiger partial charge in [-0.1, -0.05) is 0 Å². The number of ether oxygens (including phenoxy) is 1. The van der Waals surface area contributed by atoms with Gasteiger partial charge in [-0.2, -0.15) is 0 Å². The van der Waals surface area contributed by atoms with E-state index in [4.69, 9.17) is 4.74 Å². The number of nitrogens with zero attached hydrogens (tertiary/aromatic N) is 2. The predicted octanol–water partition coefficient (Wildman–Crippen LogP) is 4.36. The van der Waals surface area contributed by atoms with Crippen LogP contribution in [0, 0.1) is 0 Å². The minimum absolute atomic E-state index is 0.000687. The van der Waals surface area contributed by atoms with Crippen molar-refractivity contribution in [3.63, 3.8) is 0 Å². The van der Waals surface area contributed by atoms with Crippen LogP contribution in [-0.2, 0) is 21.2 Å². The average Bonchev–Trinajstić information content (AvgIpc) is 2.97. The Morgan fingerprint density at radius 1 is 1.24 bits per heavy atom. The third kappa shape index (κ3) is 4.00. The second-order valence-electron chi connectivity index (χ2n) is 6.95. The summed E-state index contributed by atoms with van der Waals surface area (Å²) in [6, 6.07) is 10.4. The number of halogens is 1.